The Kier molecular flexibility index (Phi) is 1.95. The van der Waals surface area contributed by atoms with Crippen molar-refractivity contribution in [1.82, 2.24) is 0 Å². The minimum Gasteiger partial charge on any atom is -0.399 e. The first-order valence-electron chi connectivity index (χ1n) is 5.12. The van der Waals surface area contributed by atoms with Crippen LogP contribution in [0.5, 0.6) is 0 Å². The Hall–Kier alpha value is -1.18. The third-order valence-corrected chi connectivity index (χ3v) is 2.93. The van der Waals surface area contributed by atoms with Crippen molar-refractivity contribution in [2.75, 3.05) is 11.1 Å². The summed E-state index contributed by atoms with van der Waals surface area (Å²) >= 11 is 0. The standard InChI is InChI=1S/C12H18N2/c1-12(2,3)11-6-8-4-5-9(13)7-10(8)14-11/h4-5,7,11,14H,6,13H2,1-3H3. The Morgan fingerprint density at radius 3 is 2.71 bits per heavy atom. The van der Waals surface area contributed by atoms with Gasteiger partial charge in [-0.25, -0.2) is 0 Å². The van der Waals surface area contributed by atoms with E-state index in [0.717, 1.165) is 12.1 Å². The van der Waals surface area contributed by atoms with Gasteiger partial charge in [0.25, 0.3) is 0 Å². The molecule has 76 valence electrons. The lowest BCUT2D eigenvalue weighted by atomic mass is 9.85. The highest BCUT2D eigenvalue weighted by molar-refractivity contribution is 5.63. The van der Waals surface area contributed by atoms with E-state index >= 15 is 0 Å². The van der Waals surface area contributed by atoms with Gasteiger partial charge in [-0.2, -0.15) is 0 Å². The Bertz CT molecular complexity index is 350. The number of hydrogen-bond donors (Lipinski definition) is 2. The van der Waals surface area contributed by atoms with Crippen LogP contribution < -0.4 is 11.1 Å². The van der Waals surface area contributed by atoms with Crippen LogP contribution in [0.1, 0.15) is 26.3 Å². The lowest BCUT2D eigenvalue weighted by Gasteiger charge is -2.27. The van der Waals surface area contributed by atoms with E-state index in [0.29, 0.717) is 11.5 Å². The highest BCUT2D eigenvalue weighted by atomic mass is 15.0. The molecule has 1 aromatic rings. The van der Waals surface area contributed by atoms with Crippen molar-refractivity contribution in [3.63, 3.8) is 0 Å². The first-order chi connectivity index (χ1) is 6.47. The maximum absolute atomic E-state index is 5.75. The topological polar surface area (TPSA) is 38.0 Å². The molecular formula is C12H18N2. The molecular weight excluding hydrogens is 172 g/mol. The molecule has 0 fully saturated rings. The molecule has 3 N–H and O–H groups in total. The normalized spacial score (nSPS) is 20.4. The van der Waals surface area contributed by atoms with Gasteiger partial charge in [0.1, 0.15) is 0 Å². The largest absolute Gasteiger partial charge is 0.399 e. The van der Waals surface area contributed by atoms with Crippen molar-refractivity contribution in [3.8, 4) is 0 Å². The molecule has 0 bridgehead atoms. The number of anilines is 2. The van der Waals surface area contributed by atoms with Crippen LogP contribution >= 0.6 is 0 Å². The van der Waals surface area contributed by atoms with E-state index < -0.39 is 0 Å². The smallest absolute Gasteiger partial charge is 0.0396 e. The molecule has 0 amide bonds. The summed E-state index contributed by atoms with van der Waals surface area (Å²) in [6.07, 6.45) is 1.11. The van der Waals surface area contributed by atoms with Crippen LogP contribution in [-0.4, -0.2) is 6.04 Å². The Labute approximate surface area is 85.5 Å². The second-order valence-corrected chi connectivity index (χ2v) is 5.18. The van der Waals surface area contributed by atoms with Crippen LogP contribution in [0, 0.1) is 5.41 Å². The first kappa shape index (κ1) is 9.38. The molecule has 1 aliphatic heterocycles. The van der Waals surface area contributed by atoms with E-state index in [4.69, 9.17) is 5.73 Å². The number of fused-ring (bicyclic) bond motifs is 1. The summed E-state index contributed by atoms with van der Waals surface area (Å²) in [6, 6.07) is 6.66. The lowest BCUT2D eigenvalue weighted by Crippen LogP contribution is -2.31. The molecule has 1 heterocycles. The summed E-state index contributed by atoms with van der Waals surface area (Å²) in [4.78, 5) is 0. The molecule has 2 heteroatoms. The van der Waals surface area contributed by atoms with Crippen LogP contribution in [0.4, 0.5) is 11.4 Å². The van der Waals surface area contributed by atoms with Gasteiger partial charge >= 0.3 is 0 Å². The molecule has 1 atom stereocenters. The van der Waals surface area contributed by atoms with Crippen LogP contribution in [0.25, 0.3) is 0 Å². The van der Waals surface area contributed by atoms with E-state index in [1.165, 1.54) is 11.3 Å². The average molecular weight is 190 g/mol. The minimum absolute atomic E-state index is 0.299. The Morgan fingerprint density at radius 2 is 2.07 bits per heavy atom. The maximum Gasteiger partial charge on any atom is 0.0396 e. The van der Waals surface area contributed by atoms with E-state index in [9.17, 15) is 0 Å². The first-order valence-corrected chi connectivity index (χ1v) is 5.12. The minimum atomic E-state index is 0.299. The second kappa shape index (κ2) is 2.91. The monoisotopic (exact) mass is 190 g/mol. The molecule has 1 unspecified atom stereocenters. The van der Waals surface area contributed by atoms with Crippen molar-refractivity contribution >= 4 is 11.4 Å². The van der Waals surface area contributed by atoms with Crippen molar-refractivity contribution in [2.45, 2.75) is 33.2 Å². The zero-order chi connectivity index (χ0) is 10.3. The molecule has 0 aromatic heterocycles. The van der Waals surface area contributed by atoms with Crippen molar-refractivity contribution in [1.29, 1.82) is 0 Å². The molecule has 0 spiro atoms. The van der Waals surface area contributed by atoms with Gasteiger partial charge in [-0.15, -0.1) is 0 Å². The number of benzene rings is 1. The zero-order valence-electron chi connectivity index (χ0n) is 9.09. The van der Waals surface area contributed by atoms with Crippen molar-refractivity contribution < 1.29 is 0 Å². The van der Waals surface area contributed by atoms with Gasteiger partial charge in [0.15, 0.2) is 0 Å². The maximum atomic E-state index is 5.75. The van der Waals surface area contributed by atoms with Gasteiger partial charge in [0, 0.05) is 17.4 Å². The molecule has 1 aromatic carbocycles. The van der Waals surface area contributed by atoms with Crippen LogP contribution in [0.3, 0.4) is 0 Å². The van der Waals surface area contributed by atoms with Crippen LogP contribution in [0.15, 0.2) is 18.2 Å². The van der Waals surface area contributed by atoms with Crippen LogP contribution in [-0.2, 0) is 6.42 Å². The highest BCUT2D eigenvalue weighted by Gasteiger charge is 2.30. The fourth-order valence-corrected chi connectivity index (χ4v) is 1.89. The number of hydrogen-bond acceptors (Lipinski definition) is 2. The molecule has 0 radical (unpaired) electrons. The van der Waals surface area contributed by atoms with Crippen molar-refractivity contribution in [2.24, 2.45) is 5.41 Å². The van der Waals surface area contributed by atoms with Gasteiger partial charge in [-0.3, -0.25) is 0 Å². The van der Waals surface area contributed by atoms with Gasteiger partial charge in [0.2, 0.25) is 0 Å². The van der Waals surface area contributed by atoms with Crippen LogP contribution in [0.2, 0.25) is 0 Å². The molecule has 2 nitrogen and oxygen atoms in total. The van der Waals surface area contributed by atoms with E-state index in [1.54, 1.807) is 0 Å². The quantitative estimate of drug-likeness (QED) is 0.617. The van der Waals surface area contributed by atoms with E-state index in [-0.39, 0.29) is 0 Å². The summed E-state index contributed by atoms with van der Waals surface area (Å²) in [5.74, 6) is 0. The van der Waals surface area contributed by atoms with Gasteiger partial charge in [0.05, 0.1) is 0 Å². The summed E-state index contributed by atoms with van der Waals surface area (Å²) in [6.45, 7) is 6.79. The molecule has 2 rings (SSSR count). The van der Waals surface area contributed by atoms with Gasteiger partial charge < -0.3 is 11.1 Å². The molecule has 1 aliphatic rings. The summed E-state index contributed by atoms with van der Waals surface area (Å²) in [7, 11) is 0. The molecule has 14 heavy (non-hydrogen) atoms. The summed E-state index contributed by atoms with van der Waals surface area (Å²) in [5.41, 5.74) is 9.48. The fraction of sp³-hybridized carbons (Fsp3) is 0.500. The number of nitrogens with two attached hydrogens (primary N) is 1. The average Bonchev–Trinajstić information content (AvgIpc) is 2.45. The highest BCUT2D eigenvalue weighted by Crippen LogP contribution is 2.35. The second-order valence-electron chi connectivity index (χ2n) is 5.18. The SMILES string of the molecule is CC(C)(C)C1Cc2ccc(N)cc2N1. The molecule has 0 saturated heterocycles. The summed E-state index contributed by atoms with van der Waals surface area (Å²) in [5, 5.41) is 3.54. The molecule has 0 saturated carbocycles. The predicted molar refractivity (Wildman–Crippen MR) is 61.4 cm³/mol. The van der Waals surface area contributed by atoms with E-state index in [2.05, 4.69) is 32.2 Å². The number of nitrogens with one attached hydrogen (secondary N) is 1. The van der Waals surface area contributed by atoms with Gasteiger partial charge in [-0.1, -0.05) is 26.8 Å². The zero-order valence-corrected chi connectivity index (χ0v) is 9.09. The fourth-order valence-electron chi connectivity index (χ4n) is 1.89. The lowest BCUT2D eigenvalue weighted by molar-refractivity contribution is 0.347. The van der Waals surface area contributed by atoms with Gasteiger partial charge in [-0.05, 0) is 29.5 Å². The molecule has 0 aliphatic carbocycles. The van der Waals surface area contributed by atoms with E-state index in [1.807, 2.05) is 12.1 Å². The Balaban J connectivity index is 2.26. The third kappa shape index (κ3) is 1.57. The Morgan fingerprint density at radius 1 is 1.36 bits per heavy atom. The summed E-state index contributed by atoms with van der Waals surface area (Å²) < 4.78 is 0. The predicted octanol–water partition coefficient (Wildman–Crippen LogP) is 2.65. The third-order valence-electron chi connectivity index (χ3n) is 2.93. The van der Waals surface area contributed by atoms with Crippen molar-refractivity contribution in [3.05, 3.63) is 23.8 Å². The number of rotatable bonds is 0. The number of nitrogen functional groups attached to an aromatic ring is 1.